The molecule has 0 radical (unpaired) electrons. The van der Waals surface area contributed by atoms with Gasteiger partial charge >= 0.3 is 11.9 Å². The van der Waals surface area contributed by atoms with E-state index in [0.717, 1.165) is 23.9 Å². The molecule has 1 aromatic rings. The summed E-state index contributed by atoms with van der Waals surface area (Å²) in [6, 6.07) is 2.12. The van der Waals surface area contributed by atoms with E-state index in [-0.39, 0.29) is 22.6 Å². The van der Waals surface area contributed by atoms with Crippen LogP contribution >= 0.6 is 11.8 Å². The van der Waals surface area contributed by atoms with Gasteiger partial charge in [-0.2, -0.15) is 0 Å². The van der Waals surface area contributed by atoms with Crippen LogP contribution in [0.3, 0.4) is 0 Å². The number of thioether (sulfide) groups is 1. The molecule has 0 aliphatic heterocycles. The highest BCUT2D eigenvalue weighted by molar-refractivity contribution is 7.99. The Morgan fingerprint density at radius 3 is 2.72 bits per heavy atom. The molecule has 18 heavy (non-hydrogen) atoms. The smallest absolute Gasteiger partial charge is 0.337 e. The molecule has 98 valence electrons. The van der Waals surface area contributed by atoms with Crippen LogP contribution in [-0.4, -0.2) is 29.9 Å². The Kier molecular flexibility index (Phi) is 4.96. The van der Waals surface area contributed by atoms with Crippen molar-refractivity contribution in [3.05, 3.63) is 23.5 Å². The number of carboxylic acid groups (broad SMARTS) is 1. The lowest BCUT2D eigenvalue weighted by Crippen LogP contribution is -2.04. The second kappa shape index (κ2) is 6.25. The molecule has 0 saturated carbocycles. The summed E-state index contributed by atoms with van der Waals surface area (Å²) in [5.74, 6) is -1.93. The normalized spacial score (nSPS) is 10.1. The summed E-state index contributed by atoms with van der Waals surface area (Å²) in [5.41, 5.74) is 5.10. The van der Waals surface area contributed by atoms with Crippen molar-refractivity contribution < 1.29 is 23.8 Å². The third-order valence-corrected chi connectivity index (χ3v) is 3.16. The van der Waals surface area contributed by atoms with Gasteiger partial charge in [0.2, 0.25) is 0 Å². The quantitative estimate of drug-likeness (QED) is 0.482. The Labute approximate surface area is 107 Å². The summed E-state index contributed by atoms with van der Waals surface area (Å²) in [4.78, 5) is 21.8. The van der Waals surface area contributed by atoms with E-state index >= 15 is 0 Å². The zero-order valence-corrected chi connectivity index (χ0v) is 10.4. The van der Waals surface area contributed by atoms with Crippen molar-refractivity contribution in [2.45, 2.75) is 11.3 Å². The number of nitrogens with two attached hydrogens (primary N) is 1. The van der Waals surface area contributed by atoms with Crippen molar-refractivity contribution in [2.75, 3.05) is 18.6 Å². The van der Waals surface area contributed by atoms with Crippen LogP contribution in [0, 0.1) is 5.82 Å². The number of halogens is 1. The molecule has 0 aliphatic carbocycles. The number of rotatable bonds is 5. The van der Waals surface area contributed by atoms with Gasteiger partial charge in [-0.05, 0) is 12.1 Å². The average Bonchev–Trinajstić information content (AvgIpc) is 2.31. The first kappa shape index (κ1) is 14.3. The minimum Gasteiger partial charge on any atom is -0.478 e. The third kappa shape index (κ3) is 3.63. The van der Waals surface area contributed by atoms with E-state index in [4.69, 9.17) is 10.8 Å². The Balaban J connectivity index is 2.79. The number of carbonyl (C=O) groups excluding carboxylic acids is 1. The summed E-state index contributed by atoms with van der Waals surface area (Å²) in [7, 11) is 1.26. The molecule has 0 fully saturated rings. The van der Waals surface area contributed by atoms with Gasteiger partial charge in [-0.3, -0.25) is 4.79 Å². The van der Waals surface area contributed by atoms with Crippen LogP contribution in [0.25, 0.3) is 0 Å². The number of carboxylic acids is 1. The minimum absolute atomic E-state index is 0.118. The van der Waals surface area contributed by atoms with Gasteiger partial charge < -0.3 is 15.6 Å². The van der Waals surface area contributed by atoms with E-state index < -0.39 is 17.8 Å². The van der Waals surface area contributed by atoms with Crippen molar-refractivity contribution in [2.24, 2.45) is 0 Å². The van der Waals surface area contributed by atoms with Crippen LogP contribution in [0.1, 0.15) is 16.8 Å². The van der Waals surface area contributed by atoms with E-state index in [9.17, 15) is 14.0 Å². The van der Waals surface area contributed by atoms with Crippen molar-refractivity contribution in [3.63, 3.8) is 0 Å². The standard InChI is InChI=1S/C11H12FNO4S/c1-17-10(14)2-3-18-9-4-6(11(15)16)8(13)5-7(9)12/h4-5H,2-3,13H2,1H3,(H,15,16). The van der Waals surface area contributed by atoms with Crippen LogP contribution < -0.4 is 5.73 Å². The van der Waals surface area contributed by atoms with Gasteiger partial charge in [0.15, 0.2) is 0 Å². The first-order valence-electron chi connectivity index (χ1n) is 4.97. The molecule has 3 N–H and O–H groups in total. The fourth-order valence-corrected chi connectivity index (χ4v) is 2.10. The summed E-state index contributed by atoms with van der Waals surface area (Å²) in [5, 5.41) is 8.85. The highest BCUT2D eigenvalue weighted by atomic mass is 32.2. The van der Waals surface area contributed by atoms with E-state index in [0.29, 0.717) is 5.75 Å². The molecule has 0 saturated heterocycles. The maximum Gasteiger partial charge on any atom is 0.337 e. The lowest BCUT2D eigenvalue weighted by molar-refractivity contribution is -0.140. The van der Waals surface area contributed by atoms with Gasteiger partial charge in [0.05, 0.1) is 19.1 Å². The van der Waals surface area contributed by atoms with Crippen molar-refractivity contribution in [1.82, 2.24) is 0 Å². The molecule has 0 amide bonds. The third-order valence-electron chi connectivity index (χ3n) is 2.13. The first-order valence-corrected chi connectivity index (χ1v) is 5.96. The lowest BCUT2D eigenvalue weighted by atomic mass is 10.2. The lowest BCUT2D eigenvalue weighted by Gasteiger charge is -2.06. The van der Waals surface area contributed by atoms with Gasteiger partial charge in [-0.1, -0.05) is 0 Å². The Morgan fingerprint density at radius 1 is 1.50 bits per heavy atom. The number of hydrogen-bond acceptors (Lipinski definition) is 5. The molecule has 0 unspecified atom stereocenters. The molecule has 7 heteroatoms. The second-order valence-corrected chi connectivity index (χ2v) is 4.49. The molecule has 0 atom stereocenters. The molecule has 0 aromatic heterocycles. The van der Waals surface area contributed by atoms with E-state index in [1.807, 2.05) is 0 Å². The predicted octanol–water partition coefficient (Wildman–Crippen LogP) is 1.76. The number of methoxy groups -OCH3 is 1. The Morgan fingerprint density at radius 2 is 2.17 bits per heavy atom. The van der Waals surface area contributed by atoms with Gasteiger partial charge in [-0.25, -0.2) is 9.18 Å². The number of carbonyl (C=O) groups is 2. The Hall–Kier alpha value is -1.76. The fourth-order valence-electron chi connectivity index (χ4n) is 1.21. The molecular formula is C11H12FNO4S. The summed E-state index contributed by atoms with van der Waals surface area (Å²) in [6.45, 7) is 0. The van der Waals surface area contributed by atoms with E-state index in [1.165, 1.54) is 7.11 Å². The molecule has 0 spiro atoms. The largest absolute Gasteiger partial charge is 0.478 e. The van der Waals surface area contributed by atoms with Crippen molar-refractivity contribution >= 4 is 29.4 Å². The first-order chi connectivity index (χ1) is 8.45. The highest BCUT2D eigenvalue weighted by Gasteiger charge is 2.14. The van der Waals surface area contributed by atoms with Crippen LogP contribution in [0.15, 0.2) is 17.0 Å². The van der Waals surface area contributed by atoms with Gasteiger partial charge in [-0.15, -0.1) is 11.8 Å². The average molecular weight is 273 g/mol. The minimum atomic E-state index is -1.22. The maximum atomic E-state index is 13.5. The monoisotopic (exact) mass is 273 g/mol. The maximum absolute atomic E-state index is 13.5. The zero-order valence-electron chi connectivity index (χ0n) is 9.60. The molecular weight excluding hydrogens is 261 g/mol. The van der Waals surface area contributed by atoms with Crippen LogP contribution in [0.2, 0.25) is 0 Å². The number of esters is 1. The van der Waals surface area contributed by atoms with Crippen LogP contribution in [0.5, 0.6) is 0 Å². The zero-order chi connectivity index (χ0) is 13.7. The molecule has 1 aromatic carbocycles. The Bertz CT molecular complexity index is 478. The highest BCUT2D eigenvalue weighted by Crippen LogP contribution is 2.27. The SMILES string of the molecule is COC(=O)CCSc1cc(C(=O)O)c(N)cc1F. The molecule has 0 bridgehead atoms. The number of hydrogen-bond donors (Lipinski definition) is 2. The van der Waals surface area contributed by atoms with Gasteiger partial charge in [0.25, 0.3) is 0 Å². The van der Waals surface area contributed by atoms with E-state index in [1.54, 1.807) is 0 Å². The number of ether oxygens (including phenoxy) is 1. The predicted molar refractivity (Wildman–Crippen MR) is 65.1 cm³/mol. The number of nitrogen functional groups attached to an aromatic ring is 1. The second-order valence-electron chi connectivity index (χ2n) is 3.35. The fraction of sp³-hybridized carbons (Fsp3) is 0.273. The van der Waals surface area contributed by atoms with Crippen LogP contribution in [0.4, 0.5) is 10.1 Å². The molecule has 5 nitrogen and oxygen atoms in total. The molecule has 1 rings (SSSR count). The van der Waals surface area contributed by atoms with Crippen molar-refractivity contribution in [1.29, 1.82) is 0 Å². The molecule has 0 heterocycles. The number of anilines is 1. The number of aromatic carboxylic acids is 1. The molecule has 0 aliphatic rings. The van der Waals surface area contributed by atoms with Gasteiger partial charge in [0, 0.05) is 16.3 Å². The van der Waals surface area contributed by atoms with Crippen molar-refractivity contribution in [3.8, 4) is 0 Å². The summed E-state index contributed by atoms with van der Waals surface area (Å²) < 4.78 is 17.9. The topological polar surface area (TPSA) is 89.6 Å². The van der Waals surface area contributed by atoms with Gasteiger partial charge in [0.1, 0.15) is 5.82 Å². The summed E-state index contributed by atoms with van der Waals surface area (Å²) >= 11 is 1.04. The number of benzene rings is 1. The van der Waals surface area contributed by atoms with Crippen LogP contribution in [-0.2, 0) is 9.53 Å². The summed E-state index contributed by atoms with van der Waals surface area (Å²) in [6.07, 6.45) is 0.118. The van der Waals surface area contributed by atoms with E-state index in [2.05, 4.69) is 4.74 Å².